The highest BCUT2D eigenvalue weighted by Crippen LogP contribution is 2.35. The summed E-state index contributed by atoms with van der Waals surface area (Å²) in [6.07, 6.45) is 2.36. The molecule has 0 spiro atoms. The fourth-order valence-corrected chi connectivity index (χ4v) is 3.34. The van der Waals surface area contributed by atoms with Gasteiger partial charge in [-0.05, 0) is 47.4 Å². The van der Waals surface area contributed by atoms with Crippen molar-refractivity contribution in [2.45, 2.75) is 26.2 Å². The highest BCUT2D eigenvalue weighted by Gasteiger charge is 2.22. The predicted molar refractivity (Wildman–Crippen MR) is 111 cm³/mol. The number of hydrogen-bond acceptors (Lipinski definition) is 2. The van der Waals surface area contributed by atoms with Gasteiger partial charge in [-0.25, -0.2) is 0 Å². The van der Waals surface area contributed by atoms with Crippen LogP contribution in [0, 0.1) is 5.92 Å². The molecule has 3 rings (SSSR count). The number of aromatic amines is 1. The zero-order valence-corrected chi connectivity index (χ0v) is 16.6. The Morgan fingerprint density at radius 1 is 1.19 bits per heavy atom. The van der Waals surface area contributed by atoms with E-state index in [1.807, 2.05) is 48.7 Å². The second-order valence-electron chi connectivity index (χ2n) is 7.16. The minimum atomic E-state index is -0.0738. The Labute approximate surface area is 164 Å². The topological polar surface area (TPSA) is 54.1 Å². The number of ether oxygens (including phenoxy) is 1. The van der Waals surface area contributed by atoms with Gasteiger partial charge in [0.1, 0.15) is 5.75 Å². The predicted octanol–water partition coefficient (Wildman–Crippen LogP) is 5.12. The number of nitrogens with one attached hydrogen (secondary N) is 2. The lowest BCUT2D eigenvalue weighted by molar-refractivity contribution is -0.121. The highest BCUT2D eigenvalue weighted by atomic mass is 35.5. The second kappa shape index (κ2) is 8.49. The van der Waals surface area contributed by atoms with Crippen LogP contribution in [0.4, 0.5) is 0 Å². The van der Waals surface area contributed by atoms with Gasteiger partial charge in [-0.1, -0.05) is 37.6 Å². The van der Waals surface area contributed by atoms with E-state index in [0.717, 1.165) is 27.8 Å². The van der Waals surface area contributed by atoms with E-state index in [2.05, 4.69) is 24.1 Å². The minimum Gasteiger partial charge on any atom is -0.497 e. The van der Waals surface area contributed by atoms with Crippen LogP contribution in [0.2, 0.25) is 5.02 Å². The normalized spacial score (nSPS) is 12.3. The number of amides is 1. The first-order chi connectivity index (χ1) is 13.0. The maximum atomic E-state index is 12.6. The van der Waals surface area contributed by atoms with Crippen molar-refractivity contribution >= 4 is 28.4 Å². The maximum Gasteiger partial charge on any atom is 0.220 e. The van der Waals surface area contributed by atoms with Crippen molar-refractivity contribution in [3.63, 3.8) is 0 Å². The molecule has 0 unspecified atom stereocenters. The van der Waals surface area contributed by atoms with Crippen LogP contribution >= 0.6 is 11.6 Å². The van der Waals surface area contributed by atoms with Crippen molar-refractivity contribution in [1.29, 1.82) is 0 Å². The monoisotopic (exact) mass is 384 g/mol. The van der Waals surface area contributed by atoms with Crippen molar-refractivity contribution in [2.75, 3.05) is 13.7 Å². The summed E-state index contributed by atoms with van der Waals surface area (Å²) in [7, 11) is 1.66. The van der Waals surface area contributed by atoms with Crippen molar-refractivity contribution in [2.24, 2.45) is 5.92 Å². The summed E-state index contributed by atoms with van der Waals surface area (Å²) in [5, 5.41) is 4.77. The van der Waals surface area contributed by atoms with E-state index in [0.29, 0.717) is 23.9 Å². The standard InChI is InChI=1S/C22H25ClN2O2/c1-14(2)12-25-22(26)11-18(15-4-6-16(23)7-5-15)20-13-24-21-9-8-17(27-3)10-19(20)21/h4-10,13-14,18,24H,11-12H2,1-3H3,(H,25,26)/t18-/m1/s1. The molecule has 1 atom stereocenters. The Hall–Kier alpha value is -2.46. The zero-order valence-electron chi connectivity index (χ0n) is 15.9. The lowest BCUT2D eigenvalue weighted by Gasteiger charge is -2.18. The molecule has 142 valence electrons. The van der Waals surface area contributed by atoms with Gasteiger partial charge in [0.25, 0.3) is 0 Å². The van der Waals surface area contributed by atoms with Crippen LogP contribution in [-0.4, -0.2) is 24.5 Å². The molecule has 27 heavy (non-hydrogen) atoms. The number of halogens is 1. The van der Waals surface area contributed by atoms with Gasteiger partial charge in [-0.3, -0.25) is 4.79 Å². The van der Waals surface area contributed by atoms with Crippen LogP contribution in [-0.2, 0) is 4.79 Å². The third-order valence-electron chi connectivity index (χ3n) is 4.67. The van der Waals surface area contributed by atoms with E-state index in [9.17, 15) is 4.79 Å². The van der Waals surface area contributed by atoms with E-state index in [-0.39, 0.29) is 11.8 Å². The van der Waals surface area contributed by atoms with Crippen LogP contribution in [0.15, 0.2) is 48.7 Å². The Morgan fingerprint density at radius 2 is 1.93 bits per heavy atom. The first kappa shape index (κ1) is 19.3. The van der Waals surface area contributed by atoms with Gasteiger partial charge in [0.05, 0.1) is 7.11 Å². The molecule has 1 heterocycles. The van der Waals surface area contributed by atoms with Gasteiger partial charge < -0.3 is 15.0 Å². The number of benzene rings is 2. The van der Waals surface area contributed by atoms with Crippen LogP contribution < -0.4 is 10.1 Å². The number of rotatable bonds is 7. The summed E-state index contributed by atoms with van der Waals surface area (Å²) in [4.78, 5) is 15.9. The van der Waals surface area contributed by atoms with E-state index in [1.165, 1.54) is 0 Å². The molecule has 0 radical (unpaired) electrons. The molecule has 0 saturated heterocycles. The molecule has 2 N–H and O–H groups in total. The first-order valence-corrected chi connectivity index (χ1v) is 9.53. The largest absolute Gasteiger partial charge is 0.497 e. The van der Waals surface area contributed by atoms with Gasteiger partial charge in [0.2, 0.25) is 5.91 Å². The molecule has 0 aliphatic carbocycles. The molecule has 0 aliphatic heterocycles. The smallest absolute Gasteiger partial charge is 0.220 e. The molecule has 0 saturated carbocycles. The van der Waals surface area contributed by atoms with Gasteiger partial charge >= 0.3 is 0 Å². The summed E-state index contributed by atoms with van der Waals surface area (Å²) >= 11 is 6.06. The number of H-pyrrole nitrogens is 1. The van der Waals surface area contributed by atoms with E-state index < -0.39 is 0 Å². The van der Waals surface area contributed by atoms with Crippen molar-refractivity contribution in [3.8, 4) is 5.75 Å². The van der Waals surface area contributed by atoms with E-state index in [4.69, 9.17) is 16.3 Å². The van der Waals surface area contributed by atoms with Crippen LogP contribution in [0.25, 0.3) is 10.9 Å². The fraction of sp³-hybridized carbons (Fsp3) is 0.318. The number of methoxy groups -OCH3 is 1. The summed E-state index contributed by atoms with van der Waals surface area (Å²) in [6, 6.07) is 13.6. The second-order valence-corrected chi connectivity index (χ2v) is 7.60. The average Bonchev–Trinajstić information content (AvgIpc) is 3.08. The van der Waals surface area contributed by atoms with Crippen LogP contribution in [0.1, 0.15) is 37.3 Å². The molecular formula is C22H25ClN2O2. The van der Waals surface area contributed by atoms with Crippen LogP contribution in [0.3, 0.4) is 0 Å². The number of aromatic nitrogens is 1. The lowest BCUT2D eigenvalue weighted by Crippen LogP contribution is -2.28. The van der Waals surface area contributed by atoms with Crippen molar-refractivity contribution < 1.29 is 9.53 Å². The number of fused-ring (bicyclic) bond motifs is 1. The Balaban J connectivity index is 1.99. The van der Waals surface area contributed by atoms with Crippen LogP contribution in [0.5, 0.6) is 5.75 Å². The minimum absolute atomic E-state index is 0.0425. The summed E-state index contributed by atoms with van der Waals surface area (Å²) < 4.78 is 5.38. The third kappa shape index (κ3) is 4.64. The Kier molecular flexibility index (Phi) is 6.07. The number of carbonyl (C=O) groups is 1. The van der Waals surface area contributed by atoms with Crippen molar-refractivity contribution in [3.05, 3.63) is 64.8 Å². The molecule has 4 nitrogen and oxygen atoms in total. The molecule has 1 amide bonds. The third-order valence-corrected chi connectivity index (χ3v) is 4.92. The lowest BCUT2D eigenvalue weighted by atomic mass is 9.88. The SMILES string of the molecule is COc1ccc2[nH]cc([C@H](CC(=O)NCC(C)C)c3ccc(Cl)cc3)c2c1. The van der Waals surface area contributed by atoms with Gasteiger partial charge in [-0.2, -0.15) is 0 Å². The Morgan fingerprint density at radius 3 is 2.59 bits per heavy atom. The van der Waals surface area contributed by atoms with E-state index in [1.54, 1.807) is 7.11 Å². The fourth-order valence-electron chi connectivity index (χ4n) is 3.21. The highest BCUT2D eigenvalue weighted by molar-refractivity contribution is 6.30. The Bertz CT molecular complexity index is 916. The van der Waals surface area contributed by atoms with Gasteiger partial charge in [0, 0.05) is 41.0 Å². The quantitative estimate of drug-likeness (QED) is 0.593. The molecule has 0 aliphatic rings. The first-order valence-electron chi connectivity index (χ1n) is 9.15. The molecule has 1 aromatic heterocycles. The van der Waals surface area contributed by atoms with E-state index >= 15 is 0 Å². The number of hydrogen-bond donors (Lipinski definition) is 2. The molecule has 2 aromatic carbocycles. The van der Waals surface area contributed by atoms with Crippen molar-refractivity contribution in [1.82, 2.24) is 10.3 Å². The summed E-state index contributed by atoms with van der Waals surface area (Å²) in [5.41, 5.74) is 3.15. The molecule has 3 aromatic rings. The average molecular weight is 385 g/mol. The molecular weight excluding hydrogens is 360 g/mol. The summed E-state index contributed by atoms with van der Waals surface area (Å²) in [6.45, 7) is 4.85. The van der Waals surface area contributed by atoms with Gasteiger partial charge in [0.15, 0.2) is 0 Å². The molecule has 5 heteroatoms. The number of carbonyl (C=O) groups excluding carboxylic acids is 1. The summed E-state index contributed by atoms with van der Waals surface area (Å²) in [5.74, 6) is 1.18. The maximum absolute atomic E-state index is 12.6. The molecule has 0 bridgehead atoms. The zero-order chi connectivity index (χ0) is 19.4. The molecule has 0 fully saturated rings. The van der Waals surface area contributed by atoms with Gasteiger partial charge in [-0.15, -0.1) is 0 Å².